The minimum absolute atomic E-state index is 0.0874. The molecule has 3 rings (SSSR count). The molecule has 0 aliphatic rings. The Bertz CT molecular complexity index is 1020. The highest BCUT2D eigenvalue weighted by molar-refractivity contribution is 5.96. The summed E-state index contributed by atoms with van der Waals surface area (Å²) in [5.41, 5.74) is 2.85. The van der Waals surface area contributed by atoms with E-state index in [1.54, 1.807) is 46.6 Å². The highest BCUT2D eigenvalue weighted by atomic mass is 16.7. The molecule has 3 aromatic rings. The number of aromatic nitrogens is 1. The topological polar surface area (TPSA) is 99.0 Å². The molecule has 0 saturated heterocycles. The molecule has 174 valence electrons. The van der Waals surface area contributed by atoms with Crippen molar-refractivity contribution in [3.05, 3.63) is 84.2 Å². The van der Waals surface area contributed by atoms with Crippen LogP contribution in [0.1, 0.15) is 41.7 Å². The summed E-state index contributed by atoms with van der Waals surface area (Å²) in [4.78, 5) is 24.8. The van der Waals surface area contributed by atoms with Crippen LogP contribution in [0.25, 0.3) is 0 Å². The number of carbonyl (C=O) groups is 2. The molecule has 0 aliphatic carbocycles. The molecule has 8 heteroatoms. The summed E-state index contributed by atoms with van der Waals surface area (Å²) in [7, 11) is 0. The van der Waals surface area contributed by atoms with Gasteiger partial charge in [-0.2, -0.15) is 0 Å². The molecule has 1 atom stereocenters. The van der Waals surface area contributed by atoms with E-state index in [4.69, 9.17) is 19.4 Å². The van der Waals surface area contributed by atoms with Gasteiger partial charge in [-0.15, -0.1) is 0 Å². The predicted molar refractivity (Wildman–Crippen MR) is 121 cm³/mol. The maximum Gasteiger partial charge on any atom is 0.262 e. The van der Waals surface area contributed by atoms with Gasteiger partial charge in [-0.25, -0.2) is 5.48 Å². The van der Waals surface area contributed by atoms with Gasteiger partial charge in [0.25, 0.3) is 5.91 Å². The van der Waals surface area contributed by atoms with Crippen LogP contribution >= 0.6 is 0 Å². The Morgan fingerprint density at radius 2 is 1.70 bits per heavy atom. The molecular formula is C25H28N2O6. The fourth-order valence-corrected chi connectivity index (χ4v) is 3.35. The molecule has 8 nitrogen and oxygen atoms in total. The van der Waals surface area contributed by atoms with Gasteiger partial charge < -0.3 is 14.2 Å². The molecule has 1 heterocycles. The third-order valence-corrected chi connectivity index (χ3v) is 5.03. The van der Waals surface area contributed by atoms with Crippen molar-refractivity contribution < 1.29 is 29.0 Å². The van der Waals surface area contributed by atoms with Crippen LogP contribution in [0, 0.1) is 0 Å². The first-order valence-corrected chi connectivity index (χ1v) is 10.8. The first-order chi connectivity index (χ1) is 16.1. The van der Waals surface area contributed by atoms with E-state index in [0.717, 1.165) is 0 Å². The monoisotopic (exact) mass is 452 g/mol. The van der Waals surface area contributed by atoms with Crippen molar-refractivity contribution in [2.45, 2.75) is 25.7 Å². The number of para-hydroxylation sites is 1. The average Bonchev–Trinajstić information content (AvgIpc) is 3.34. The number of nitrogens with zero attached hydrogens (tertiary/aromatic N) is 1. The second-order valence-electron chi connectivity index (χ2n) is 7.30. The van der Waals surface area contributed by atoms with Crippen molar-refractivity contribution in [3.8, 4) is 11.5 Å². The van der Waals surface area contributed by atoms with Crippen LogP contribution in [0.15, 0.2) is 72.9 Å². The maximum atomic E-state index is 13.2. The minimum Gasteiger partial charge on any atom is -0.457 e. The van der Waals surface area contributed by atoms with E-state index >= 15 is 0 Å². The minimum atomic E-state index is -0.497. The summed E-state index contributed by atoms with van der Waals surface area (Å²) in [6, 6.07) is 19.9. The van der Waals surface area contributed by atoms with Gasteiger partial charge in [0, 0.05) is 36.4 Å². The molecule has 0 radical (unpaired) electrons. The van der Waals surface area contributed by atoms with Crippen molar-refractivity contribution in [2.75, 3.05) is 20.0 Å². The number of hydroxylamine groups is 1. The van der Waals surface area contributed by atoms with E-state index in [1.807, 2.05) is 43.3 Å². The van der Waals surface area contributed by atoms with E-state index in [-0.39, 0.29) is 31.6 Å². The van der Waals surface area contributed by atoms with E-state index < -0.39 is 5.91 Å². The molecule has 0 aliphatic heterocycles. The molecule has 0 saturated carbocycles. The Balaban J connectivity index is 1.73. The predicted octanol–water partition coefficient (Wildman–Crippen LogP) is 4.35. The van der Waals surface area contributed by atoms with Gasteiger partial charge in [-0.3, -0.25) is 19.4 Å². The molecule has 1 aromatic heterocycles. The molecule has 33 heavy (non-hydrogen) atoms. The highest BCUT2D eigenvalue weighted by Crippen LogP contribution is 2.25. The van der Waals surface area contributed by atoms with Gasteiger partial charge in [0.2, 0.25) is 5.91 Å². The Labute approximate surface area is 192 Å². The normalized spacial score (nSPS) is 11.7. The van der Waals surface area contributed by atoms with Crippen molar-refractivity contribution >= 4 is 11.8 Å². The number of carbonyl (C=O) groups excluding carboxylic acids is 2. The summed E-state index contributed by atoms with van der Waals surface area (Å²) in [6.07, 6.45) is 2.16. The fourth-order valence-electron chi connectivity index (χ4n) is 3.35. The SMILES string of the molecule is CCOCOCC(CCC(=O)NO)c1cccn1C(=O)c1ccc(Oc2ccccc2)cc1. The molecule has 1 amide bonds. The van der Waals surface area contributed by atoms with Crippen molar-refractivity contribution in [2.24, 2.45) is 0 Å². The van der Waals surface area contributed by atoms with Crippen LogP contribution in [-0.2, 0) is 14.3 Å². The zero-order chi connectivity index (χ0) is 23.5. The zero-order valence-corrected chi connectivity index (χ0v) is 18.5. The van der Waals surface area contributed by atoms with Crippen LogP contribution in [0.4, 0.5) is 0 Å². The van der Waals surface area contributed by atoms with Crippen molar-refractivity contribution in [1.29, 1.82) is 0 Å². The lowest BCUT2D eigenvalue weighted by atomic mass is 9.99. The smallest absolute Gasteiger partial charge is 0.262 e. The lowest BCUT2D eigenvalue weighted by molar-refractivity contribution is -0.129. The van der Waals surface area contributed by atoms with Gasteiger partial charge in [-0.05, 0) is 61.9 Å². The second kappa shape index (κ2) is 12.5. The number of nitrogens with one attached hydrogen (secondary N) is 1. The van der Waals surface area contributed by atoms with E-state index in [1.165, 1.54) is 0 Å². The molecule has 2 aromatic carbocycles. The molecule has 2 N–H and O–H groups in total. The number of amides is 1. The molecule has 1 unspecified atom stereocenters. The van der Waals surface area contributed by atoms with Gasteiger partial charge >= 0.3 is 0 Å². The standard InChI is InChI=1S/C25H28N2O6/c1-2-31-18-32-17-20(12-15-24(28)26-30)23-9-6-16-27(23)25(29)19-10-13-22(14-11-19)33-21-7-4-3-5-8-21/h3-11,13-14,16,20,30H,2,12,15,17-18H2,1H3,(H,26,28). The van der Waals surface area contributed by atoms with Crippen LogP contribution in [-0.4, -0.2) is 41.6 Å². The quantitative estimate of drug-likeness (QED) is 0.183. The number of hydrogen-bond donors (Lipinski definition) is 2. The Morgan fingerprint density at radius 1 is 0.970 bits per heavy atom. The number of rotatable bonds is 12. The van der Waals surface area contributed by atoms with Gasteiger partial charge in [0.05, 0.1) is 6.61 Å². The zero-order valence-electron chi connectivity index (χ0n) is 18.5. The third-order valence-electron chi connectivity index (χ3n) is 5.03. The largest absolute Gasteiger partial charge is 0.457 e. The highest BCUT2D eigenvalue weighted by Gasteiger charge is 2.21. The first kappa shape index (κ1) is 24.2. The van der Waals surface area contributed by atoms with Crippen LogP contribution in [0.3, 0.4) is 0 Å². The Kier molecular flexibility index (Phi) is 9.19. The first-order valence-electron chi connectivity index (χ1n) is 10.8. The maximum absolute atomic E-state index is 13.2. The summed E-state index contributed by atoms with van der Waals surface area (Å²) in [5, 5.41) is 8.81. The average molecular weight is 453 g/mol. The molecular weight excluding hydrogens is 424 g/mol. The van der Waals surface area contributed by atoms with Gasteiger partial charge in [0.15, 0.2) is 0 Å². The van der Waals surface area contributed by atoms with Crippen molar-refractivity contribution in [1.82, 2.24) is 10.0 Å². The molecule has 0 spiro atoms. The number of hydrogen-bond acceptors (Lipinski definition) is 6. The van der Waals surface area contributed by atoms with Crippen LogP contribution < -0.4 is 10.2 Å². The van der Waals surface area contributed by atoms with Crippen LogP contribution in [0.2, 0.25) is 0 Å². The van der Waals surface area contributed by atoms with E-state index in [2.05, 4.69) is 0 Å². The summed E-state index contributed by atoms with van der Waals surface area (Å²) >= 11 is 0. The van der Waals surface area contributed by atoms with Crippen molar-refractivity contribution in [3.63, 3.8) is 0 Å². The second-order valence-corrected chi connectivity index (χ2v) is 7.30. The lowest BCUT2D eigenvalue weighted by Gasteiger charge is -2.19. The molecule has 0 bridgehead atoms. The Hall–Kier alpha value is -3.46. The fraction of sp³-hybridized carbons (Fsp3) is 0.280. The summed E-state index contributed by atoms with van der Waals surface area (Å²) < 4.78 is 18.1. The van der Waals surface area contributed by atoms with E-state index in [0.29, 0.717) is 35.8 Å². The van der Waals surface area contributed by atoms with Crippen LogP contribution in [0.5, 0.6) is 11.5 Å². The van der Waals surface area contributed by atoms with Gasteiger partial charge in [-0.1, -0.05) is 18.2 Å². The third kappa shape index (κ3) is 7.01. The van der Waals surface area contributed by atoms with Gasteiger partial charge in [0.1, 0.15) is 18.3 Å². The van der Waals surface area contributed by atoms with E-state index in [9.17, 15) is 9.59 Å². The number of ether oxygens (including phenoxy) is 3. The molecule has 0 fully saturated rings. The lowest BCUT2D eigenvalue weighted by Crippen LogP contribution is -2.23. The summed E-state index contributed by atoms with van der Waals surface area (Å²) in [6.45, 7) is 2.78. The summed E-state index contributed by atoms with van der Waals surface area (Å²) in [5.74, 6) is 0.391. The number of benzene rings is 2. The Morgan fingerprint density at radius 3 is 2.39 bits per heavy atom.